The van der Waals surface area contributed by atoms with E-state index in [9.17, 15) is 4.79 Å². The minimum Gasteiger partial charge on any atom is -0.478 e. The predicted octanol–water partition coefficient (Wildman–Crippen LogP) is 1.84. The molecule has 1 aromatic heterocycles. The van der Waals surface area contributed by atoms with Crippen molar-refractivity contribution in [2.75, 3.05) is 11.9 Å². The van der Waals surface area contributed by atoms with Gasteiger partial charge < -0.3 is 10.4 Å². The molecule has 86 valence electrons. The van der Waals surface area contributed by atoms with Crippen molar-refractivity contribution in [2.45, 2.75) is 6.42 Å². The number of nitrogens with zero attached hydrogens (tertiary/aromatic N) is 2. The molecule has 0 saturated heterocycles. The molecule has 0 saturated carbocycles. The Labute approximate surface area is 103 Å². The Bertz CT molecular complexity index is 448. The number of aliphatic carboxylic acids is 1. The normalized spacial score (nSPS) is 13.7. The highest BCUT2D eigenvalue weighted by Crippen LogP contribution is 2.26. The quantitative estimate of drug-likeness (QED) is 0.755. The summed E-state index contributed by atoms with van der Waals surface area (Å²) in [6.07, 6.45) is 3.29. The molecule has 16 heavy (non-hydrogen) atoms. The van der Waals surface area contributed by atoms with Gasteiger partial charge in [0.15, 0.2) is 0 Å². The van der Waals surface area contributed by atoms with Crippen molar-refractivity contribution in [2.24, 2.45) is 0 Å². The molecule has 0 spiro atoms. The fourth-order valence-electron chi connectivity index (χ4n) is 1.37. The monoisotopic (exact) mass is 261 g/mol. The number of halogens is 2. The van der Waals surface area contributed by atoms with Gasteiger partial charge in [0, 0.05) is 12.1 Å². The molecule has 7 heteroatoms. The minimum atomic E-state index is -0.940. The van der Waals surface area contributed by atoms with Crippen molar-refractivity contribution >= 4 is 41.9 Å². The van der Waals surface area contributed by atoms with Crippen LogP contribution in [0.25, 0.3) is 6.08 Å². The topological polar surface area (TPSA) is 75.1 Å². The smallest absolute Gasteiger partial charge is 0.331 e. The van der Waals surface area contributed by atoms with Gasteiger partial charge >= 0.3 is 5.97 Å². The third-order valence-electron chi connectivity index (χ3n) is 2.12. The first-order chi connectivity index (χ1) is 7.18. The number of carbonyl (C=O) groups is 1. The Hall–Kier alpha value is -1.33. The first-order valence-electron chi connectivity index (χ1n) is 4.36. The summed E-state index contributed by atoms with van der Waals surface area (Å²) in [5, 5.41) is 12.2. The molecule has 0 bridgehead atoms. The van der Waals surface area contributed by atoms with E-state index in [0.717, 1.165) is 0 Å². The molecule has 0 atom stereocenters. The molecule has 0 fully saturated rings. The number of anilines is 1. The highest BCUT2D eigenvalue weighted by Gasteiger charge is 2.16. The van der Waals surface area contributed by atoms with Crippen LogP contribution in [0.3, 0.4) is 0 Å². The SMILES string of the molecule is Cl.O=C(O)C1=Cc2c(Cl)ncnc2NCC1. The summed E-state index contributed by atoms with van der Waals surface area (Å²) in [4.78, 5) is 18.6. The molecule has 2 rings (SSSR count). The van der Waals surface area contributed by atoms with Crippen molar-refractivity contribution < 1.29 is 9.90 Å². The second-order valence-corrected chi connectivity index (χ2v) is 3.44. The van der Waals surface area contributed by atoms with Gasteiger partial charge in [-0.3, -0.25) is 0 Å². The van der Waals surface area contributed by atoms with Gasteiger partial charge in [-0.1, -0.05) is 11.6 Å². The van der Waals surface area contributed by atoms with E-state index >= 15 is 0 Å². The molecule has 0 amide bonds. The predicted molar refractivity (Wildman–Crippen MR) is 63.0 cm³/mol. The van der Waals surface area contributed by atoms with E-state index in [-0.39, 0.29) is 17.6 Å². The van der Waals surface area contributed by atoms with E-state index in [1.165, 1.54) is 12.4 Å². The lowest BCUT2D eigenvalue weighted by atomic mass is 10.1. The lowest BCUT2D eigenvalue weighted by Crippen LogP contribution is -2.06. The molecule has 2 N–H and O–H groups in total. The van der Waals surface area contributed by atoms with Crippen molar-refractivity contribution in [3.05, 3.63) is 22.6 Å². The molecule has 1 aromatic rings. The molecular formula is C9H9Cl2N3O2. The van der Waals surface area contributed by atoms with Crippen LogP contribution >= 0.6 is 24.0 Å². The first kappa shape index (κ1) is 12.7. The van der Waals surface area contributed by atoms with Crippen molar-refractivity contribution in [1.29, 1.82) is 0 Å². The van der Waals surface area contributed by atoms with E-state index in [4.69, 9.17) is 16.7 Å². The summed E-state index contributed by atoms with van der Waals surface area (Å²) < 4.78 is 0. The van der Waals surface area contributed by atoms with Gasteiger partial charge in [0.1, 0.15) is 17.3 Å². The third-order valence-corrected chi connectivity index (χ3v) is 2.42. The van der Waals surface area contributed by atoms with Gasteiger partial charge in [0.25, 0.3) is 0 Å². The van der Waals surface area contributed by atoms with Gasteiger partial charge in [-0.25, -0.2) is 14.8 Å². The zero-order valence-corrected chi connectivity index (χ0v) is 9.68. The maximum Gasteiger partial charge on any atom is 0.331 e. The van der Waals surface area contributed by atoms with E-state index in [2.05, 4.69) is 15.3 Å². The van der Waals surface area contributed by atoms with Crippen molar-refractivity contribution in [1.82, 2.24) is 9.97 Å². The summed E-state index contributed by atoms with van der Waals surface area (Å²) in [6, 6.07) is 0. The van der Waals surface area contributed by atoms with E-state index in [0.29, 0.717) is 29.9 Å². The van der Waals surface area contributed by atoms with Gasteiger partial charge in [0.2, 0.25) is 0 Å². The zero-order valence-electron chi connectivity index (χ0n) is 8.11. The maximum absolute atomic E-state index is 10.8. The first-order valence-corrected chi connectivity index (χ1v) is 4.74. The molecule has 2 heterocycles. The number of hydrogen-bond donors (Lipinski definition) is 2. The largest absolute Gasteiger partial charge is 0.478 e. The Morgan fingerprint density at radius 1 is 1.50 bits per heavy atom. The van der Waals surface area contributed by atoms with Crippen LogP contribution in [0.1, 0.15) is 12.0 Å². The van der Waals surface area contributed by atoms with Crippen LogP contribution in [0.4, 0.5) is 5.82 Å². The molecule has 0 aliphatic carbocycles. The molecule has 1 aliphatic rings. The molecule has 1 aliphatic heterocycles. The van der Waals surface area contributed by atoms with Gasteiger partial charge in [-0.15, -0.1) is 12.4 Å². The zero-order chi connectivity index (χ0) is 10.8. The van der Waals surface area contributed by atoms with Gasteiger partial charge in [-0.05, 0) is 12.5 Å². The highest BCUT2D eigenvalue weighted by atomic mass is 35.5. The summed E-state index contributed by atoms with van der Waals surface area (Å²) in [6.45, 7) is 0.526. The Balaban J connectivity index is 0.00000128. The number of aromatic nitrogens is 2. The lowest BCUT2D eigenvalue weighted by molar-refractivity contribution is -0.132. The average Bonchev–Trinajstić information content (AvgIpc) is 2.40. The Morgan fingerprint density at radius 2 is 2.25 bits per heavy atom. The van der Waals surface area contributed by atoms with Crippen LogP contribution in [-0.2, 0) is 4.79 Å². The number of fused-ring (bicyclic) bond motifs is 1. The Kier molecular flexibility index (Phi) is 4.09. The molecule has 0 unspecified atom stereocenters. The molecular weight excluding hydrogens is 253 g/mol. The lowest BCUT2D eigenvalue weighted by Gasteiger charge is -2.04. The summed E-state index contributed by atoms with van der Waals surface area (Å²) in [5.41, 5.74) is 0.840. The van der Waals surface area contributed by atoms with Crippen LogP contribution in [0.5, 0.6) is 0 Å². The number of hydrogen-bond acceptors (Lipinski definition) is 4. The molecule has 0 aromatic carbocycles. The Morgan fingerprint density at radius 3 is 2.94 bits per heavy atom. The fourth-order valence-corrected chi connectivity index (χ4v) is 1.56. The van der Waals surface area contributed by atoms with Gasteiger partial charge in [-0.2, -0.15) is 0 Å². The molecule has 5 nitrogen and oxygen atoms in total. The van der Waals surface area contributed by atoms with Crippen LogP contribution in [0.15, 0.2) is 11.9 Å². The third kappa shape index (κ3) is 2.43. The van der Waals surface area contributed by atoms with Crippen molar-refractivity contribution in [3.63, 3.8) is 0 Å². The second-order valence-electron chi connectivity index (χ2n) is 3.08. The summed E-state index contributed by atoms with van der Waals surface area (Å²) >= 11 is 5.86. The van der Waals surface area contributed by atoms with Crippen LogP contribution in [-0.4, -0.2) is 27.6 Å². The average molecular weight is 262 g/mol. The van der Waals surface area contributed by atoms with Gasteiger partial charge in [0.05, 0.1) is 5.56 Å². The number of carboxylic acid groups (broad SMARTS) is 1. The van der Waals surface area contributed by atoms with Crippen molar-refractivity contribution in [3.8, 4) is 0 Å². The van der Waals surface area contributed by atoms with Crippen LogP contribution in [0.2, 0.25) is 5.15 Å². The second kappa shape index (κ2) is 5.14. The van der Waals surface area contributed by atoms with Crippen LogP contribution in [0, 0.1) is 0 Å². The van der Waals surface area contributed by atoms with E-state index < -0.39 is 5.97 Å². The number of carboxylic acids is 1. The molecule has 0 radical (unpaired) electrons. The standard InChI is InChI=1S/C9H8ClN3O2.ClH/c10-7-6-3-5(9(14)15)1-2-11-8(6)13-4-12-7;/h3-4H,1-2H2,(H,14,15)(H,11,12,13);1H. The maximum atomic E-state index is 10.8. The highest BCUT2D eigenvalue weighted by molar-refractivity contribution is 6.31. The van der Waals surface area contributed by atoms with Crippen LogP contribution < -0.4 is 5.32 Å². The fraction of sp³-hybridized carbons (Fsp3) is 0.222. The summed E-state index contributed by atoms with van der Waals surface area (Å²) in [5.74, 6) is -0.365. The number of nitrogens with one attached hydrogen (secondary N) is 1. The van der Waals surface area contributed by atoms with E-state index in [1.54, 1.807) is 0 Å². The van der Waals surface area contributed by atoms with E-state index in [1.807, 2.05) is 0 Å². The summed E-state index contributed by atoms with van der Waals surface area (Å²) in [7, 11) is 0. The minimum absolute atomic E-state index is 0. The number of rotatable bonds is 1.